The molecule has 0 aliphatic carbocycles. The molecule has 6 nitrogen and oxygen atoms in total. The third-order valence-corrected chi connectivity index (χ3v) is 1.45. The van der Waals surface area contributed by atoms with Crippen molar-refractivity contribution >= 4 is 20.5 Å². The maximum atomic E-state index is 9.76. The van der Waals surface area contributed by atoms with Crippen LogP contribution in [0.5, 0.6) is 0 Å². The molecule has 0 unspecified atom stereocenters. The molecule has 5 N–H and O–H groups in total. The Morgan fingerprint density at radius 3 is 1.88 bits per heavy atom. The van der Waals surface area contributed by atoms with Crippen molar-refractivity contribution in [1.29, 1.82) is 0 Å². The Bertz CT molecular complexity index is 135. The second kappa shape index (κ2) is 2.32. The standard InChI is InChI=1S/CH4AsNO5/c4-1(5)3-2(6,7)8/h(H,4,5)(H3,3,6,7,8)/p+1. The molecule has 1 amide bonds. The molecule has 0 aromatic heterocycles. The van der Waals surface area contributed by atoms with Crippen LogP contribution in [0, 0.1) is 0 Å². The summed E-state index contributed by atoms with van der Waals surface area (Å²) in [7, 11) is 0. The van der Waals surface area contributed by atoms with E-state index in [1.807, 2.05) is 0 Å². The van der Waals surface area contributed by atoms with E-state index in [-0.39, 0.29) is 4.23 Å². The van der Waals surface area contributed by atoms with Crippen molar-refractivity contribution in [2.24, 2.45) is 0 Å². The van der Waals surface area contributed by atoms with Crippen LogP contribution in [0.4, 0.5) is 4.79 Å². The number of amides is 1. The van der Waals surface area contributed by atoms with Crippen LogP contribution >= 0.6 is 0 Å². The van der Waals surface area contributed by atoms with Crippen LogP contribution in [0.2, 0.25) is 0 Å². The summed E-state index contributed by atoms with van der Waals surface area (Å²) >= 11 is -4.99. The van der Waals surface area contributed by atoms with Gasteiger partial charge >= 0.3 is 46.6 Å². The van der Waals surface area contributed by atoms with Gasteiger partial charge in [0.25, 0.3) is 0 Å². The predicted molar refractivity (Wildman–Crippen MR) is 20.8 cm³/mol. The van der Waals surface area contributed by atoms with E-state index in [2.05, 4.69) is 0 Å². The SMILES string of the molecule is O=C(O)[NH2+][As](=O)(O)O. The fraction of sp³-hybridized carbons (Fsp3) is 0. The molecule has 0 rings (SSSR count). The van der Waals surface area contributed by atoms with Crippen LogP contribution < -0.4 is 4.23 Å². The molecule has 0 bridgehead atoms. The molecule has 0 aromatic carbocycles. The summed E-state index contributed by atoms with van der Waals surface area (Å²) in [5, 5.41) is 7.72. The Kier molecular flexibility index (Phi) is 2.23. The molecule has 0 aliphatic rings. The molecule has 0 heterocycles. The summed E-state index contributed by atoms with van der Waals surface area (Å²) in [6.07, 6.45) is -1.59. The third-order valence-electron chi connectivity index (χ3n) is 0.279. The summed E-state index contributed by atoms with van der Waals surface area (Å²) in [5.41, 5.74) is 0. The summed E-state index contributed by atoms with van der Waals surface area (Å²) in [4.78, 5) is 9.48. The van der Waals surface area contributed by atoms with Gasteiger partial charge in [-0.2, -0.15) is 0 Å². The van der Waals surface area contributed by atoms with Crippen LogP contribution in [-0.2, 0) is 3.74 Å². The first-order valence-electron chi connectivity index (χ1n) is 1.56. The minimum atomic E-state index is -4.99. The van der Waals surface area contributed by atoms with Gasteiger partial charge in [-0.25, -0.2) is 0 Å². The number of primary amides is 1. The van der Waals surface area contributed by atoms with E-state index in [9.17, 15) is 8.53 Å². The van der Waals surface area contributed by atoms with Gasteiger partial charge in [0.15, 0.2) is 0 Å². The number of quaternary nitrogens is 1. The van der Waals surface area contributed by atoms with Crippen molar-refractivity contribution in [3.8, 4) is 0 Å². The molecule has 0 aromatic rings. The first-order chi connectivity index (χ1) is 3.42. The Morgan fingerprint density at radius 2 is 1.88 bits per heavy atom. The number of carboxylic acid groups (broad SMARTS) is 1. The Balaban J connectivity index is 3.74. The van der Waals surface area contributed by atoms with Gasteiger partial charge in [-0.1, -0.05) is 0 Å². The fourth-order valence-corrected chi connectivity index (χ4v) is 0.748. The van der Waals surface area contributed by atoms with E-state index in [1.165, 1.54) is 0 Å². The van der Waals surface area contributed by atoms with E-state index in [4.69, 9.17) is 13.3 Å². The number of hydrogen-bond acceptors (Lipinski definition) is 2. The summed E-state index contributed by atoms with van der Waals surface area (Å²) < 4.78 is 25.6. The topological polar surface area (TPSA) is 111 Å². The first kappa shape index (κ1) is 7.71. The quantitative estimate of drug-likeness (QED) is 0.328. The third kappa shape index (κ3) is 5.71. The number of rotatable bonds is 1. The van der Waals surface area contributed by atoms with Gasteiger partial charge in [0, 0.05) is 0 Å². The zero-order chi connectivity index (χ0) is 6.78. The zero-order valence-corrected chi connectivity index (χ0v) is 5.56. The summed E-state index contributed by atoms with van der Waals surface area (Å²) in [6.45, 7) is 0. The van der Waals surface area contributed by atoms with Gasteiger partial charge in [-0.3, -0.25) is 0 Å². The molecule has 0 spiro atoms. The minimum absolute atomic E-state index is 0.00174. The van der Waals surface area contributed by atoms with Crippen LogP contribution in [0.15, 0.2) is 0 Å². The van der Waals surface area contributed by atoms with E-state index < -0.39 is 20.5 Å². The van der Waals surface area contributed by atoms with Crippen molar-refractivity contribution in [3.05, 3.63) is 0 Å². The molecule has 0 saturated carbocycles. The van der Waals surface area contributed by atoms with Crippen LogP contribution in [-0.4, -0.2) is 33.8 Å². The van der Waals surface area contributed by atoms with Crippen molar-refractivity contribution in [3.63, 3.8) is 0 Å². The Labute approximate surface area is 47.4 Å². The maximum absolute atomic E-state index is 9.76. The Hall–Kier alpha value is -0.292. The van der Waals surface area contributed by atoms with Gasteiger partial charge in [-0.05, 0) is 0 Å². The monoisotopic (exact) mass is 186 g/mol. The van der Waals surface area contributed by atoms with Crippen LogP contribution in [0.25, 0.3) is 0 Å². The fourth-order valence-electron chi connectivity index (χ4n) is 0.144. The van der Waals surface area contributed by atoms with Crippen molar-refractivity contribution < 1.29 is 26.1 Å². The van der Waals surface area contributed by atoms with Gasteiger partial charge in [0.1, 0.15) is 0 Å². The molecule has 7 heteroatoms. The predicted octanol–water partition coefficient (Wildman–Crippen LogP) is -2.92. The van der Waals surface area contributed by atoms with Crippen molar-refractivity contribution in [2.75, 3.05) is 0 Å². The average Bonchev–Trinajstić information content (AvgIpc) is 1.21. The van der Waals surface area contributed by atoms with Crippen molar-refractivity contribution in [1.82, 2.24) is 0 Å². The molecule has 48 valence electrons. The van der Waals surface area contributed by atoms with Gasteiger partial charge in [-0.15, -0.1) is 0 Å². The Morgan fingerprint density at radius 1 is 1.50 bits per heavy atom. The zero-order valence-electron chi connectivity index (χ0n) is 3.68. The number of carbonyl (C=O) groups is 1. The van der Waals surface area contributed by atoms with Crippen molar-refractivity contribution in [2.45, 2.75) is 0 Å². The van der Waals surface area contributed by atoms with Gasteiger partial charge in [0.2, 0.25) is 0 Å². The molecule has 0 fully saturated rings. The molecule has 0 saturated heterocycles. The molecular formula is CH5AsNO5+. The van der Waals surface area contributed by atoms with E-state index in [0.29, 0.717) is 0 Å². The normalized spacial score (nSPS) is 11.2. The van der Waals surface area contributed by atoms with E-state index in [0.717, 1.165) is 0 Å². The summed E-state index contributed by atoms with van der Waals surface area (Å²) in [6, 6.07) is 0. The second-order valence-corrected chi connectivity index (χ2v) is 4.07. The first-order valence-corrected chi connectivity index (χ1v) is 5.09. The van der Waals surface area contributed by atoms with Gasteiger partial charge in [0.05, 0.1) is 0 Å². The molecule has 0 aliphatic heterocycles. The van der Waals surface area contributed by atoms with Gasteiger partial charge < -0.3 is 0 Å². The molecule has 8 heavy (non-hydrogen) atoms. The van der Waals surface area contributed by atoms with E-state index in [1.54, 1.807) is 0 Å². The molecular weight excluding hydrogens is 181 g/mol. The number of hydrogen-bond donors (Lipinski definition) is 4. The van der Waals surface area contributed by atoms with Crippen LogP contribution in [0.1, 0.15) is 0 Å². The number of nitrogens with two attached hydrogens (primary N) is 1. The average molecular weight is 186 g/mol. The van der Waals surface area contributed by atoms with Crippen LogP contribution in [0.3, 0.4) is 0 Å². The van der Waals surface area contributed by atoms with E-state index >= 15 is 0 Å². The second-order valence-electron chi connectivity index (χ2n) is 1.06. The molecule has 0 radical (unpaired) electrons. The summed E-state index contributed by atoms with van der Waals surface area (Å²) in [5.74, 6) is 0. The molecule has 0 atom stereocenters.